The van der Waals surface area contributed by atoms with Gasteiger partial charge in [-0.2, -0.15) is 0 Å². The van der Waals surface area contributed by atoms with Gasteiger partial charge in [0.1, 0.15) is 54.9 Å². The van der Waals surface area contributed by atoms with Gasteiger partial charge in [0.05, 0.1) is 13.2 Å². The van der Waals surface area contributed by atoms with Crippen molar-refractivity contribution in [2.24, 2.45) is 0 Å². The molecule has 3 saturated heterocycles. The lowest BCUT2D eigenvalue weighted by Gasteiger charge is -2.45. The van der Waals surface area contributed by atoms with Crippen molar-refractivity contribution >= 4 is 5.97 Å². The van der Waals surface area contributed by atoms with E-state index < -0.39 is 92.5 Å². The van der Waals surface area contributed by atoms with E-state index in [1.165, 1.54) is 0 Å². The maximum Gasteiger partial charge on any atom is 0.335 e. The van der Waals surface area contributed by atoms with Gasteiger partial charge in [-0.15, -0.1) is 0 Å². The monoisotopic (exact) mass is 458 g/mol. The van der Waals surface area contributed by atoms with Crippen LogP contribution in [-0.2, 0) is 28.5 Å². The molecule has 15 nitrogen and oxygen atoms in total. The number of ether oxygens (including phenoxy) is 5. The van der Waals surface area contributed by atoms with Gasteiger partial charge in [-0.05, 0) is 0 Å². The lowest BCUT2D eigenvalue weighted by atomic mass is 9.98. The van der Waals surface area contributed by atoms with Crippen LogP contribution in [0, 0.1) is 0 Å². The molecule has 0 spiro atoms. The topological polar surface area (TPSA) is 245 Å². The first-order valence-electron chi connectivity index (χ1n) is 9.39. The Morgan fingerprint density at radius 3 is 2.03 bits per heavy atom. The van der Waals surface area contributed by atoms with E-state index in [4.69, 9.17) is 28.8 Å². The lowest BCUT2D eigenvalue weighted by Crippen LogP contribution is -2.64. The SMILES string of the molecule is O=C(O)[C@H]1O[C@H](O[C@H]2[C@H](O[C@@H]3CO[C@@H](O)[C@H](O)[C@H]3O)OC[C@@H](O)[C@@H]2O)[C@H](O)[C@@H](O)[C@@H]1O. The van der Waals surface area contributed by atoms with Gasteiger partial charge in [0.25, 0.3) is 0 Å². The molecule has 0 aromatic carbocycles. The largest absolute Gasteiger partial charge is 0.479 e. The first-order valence-corrected chi connectivity index (χ1v) is 9.39. The minimum Gasteiger partial charge on any atom is -0.479 e. The summed E-state index contributed by atoms with van der Waals surface area (Å²) in [5, 5.41) is 88.2. The highest BCUT2D eigenvalue weighted by Gasteiger charge is 2.51. The van der Waals surface area contributed by atoms with E-state index in [0.717, 1.165) is 0 Å². The molecular formula is C16H26O15. The first kappa shape index (κ1) is 24.6. The highest BCUT2D eigenvalue weighted by atomic mass is 16.8. The minimum atomic E-state index is -1.98. The molecule has 0 amide bonds. The predicted molar refractivity (Wildman–Crippen MR) is 89.8 cm³/mol. The van der Waals surface area contributed by atoms with Crippen LogP contribution in [0.2, 0.25) is 0 Å². The van der Waals surface area contributed by atoms with Gasteiger partial charge in [0.2, 0.25) is 0 Å². The third-order valence-corrected chi connectivity index (χ3v) is 5.30. The quantitative estimate of drug-likeness (QED) is 0.186. The second-order valence-electron chi connectivity index (χ2n) is 7.48. The molecule has 0 aromatic heterocycles. The average molecular weight is 458 g/mol. The highest BCUT2D eigenvalue weighted by Crippen LogP contribution is 2.29. The van der Waals surface area contributed by atoms with E-state index in [1.54, 1.807) is 0 Å². The first-order chi connectivity index (χ1) is 14.5. The molecule has 0 aliphatic carbocycles. The Hall–Kier alpha value is -1.05. The fraction of sp³-hybridized carbons (Fsp3) is 0.938. The van der Waals surface area contributed by atoms with Gasteiger partial charge in [-0.3, -0.25) is 0 Å². The lowest BCUT2D eigenvalue weighted by molar-refractivity contribution is -0.367. The van der Waals surface area contributed by atoms with Crippen LogP contribution in [-0.4, -0.2) is 145 Å². The summed E-state index contributed by atoms with van der Waals surface area (Å²) in [5.74, 6) is -1.66. The summed E-state index contributed by atoms with van der Waals surface area (Å²) in [4.78, 5) is 11.2. The smallest absolute Gasteiger partial charge is 0.335 e. The van der Waals surface area contributed by atoms with Gasteiger partial charge in [0, 0.05) is 0 Å². The number of rotatable bonds is 5. The Balaban J connectivity index is 1.75. The summed E-state index contributed by atoms with van der Waals surface area (Å²) in [6, 6.07) is 0. The number of aliphatic carboxylic acids is 1. The molecule has 3 aliphatic rings. The molecule has 3 heterocycles. The maximum atomic E-state index is 11.2. The van der Waals surface area contributed by atoms with Gasteiger partial charge in [-0.1, -0.05) is 0 Å². The number of carboxylic acid groups (broad SMARTS) is 1. The fourth-order valence-electron chi connectivity index (χ4n) is 3.42. The Morgan fingerprint density at radius 2 is 1.39 bits per heavy atom. The van der Waals surface area contributed by atoms with Crippen molar-refractivity contribution in [1.82, 2.24) is 0 Å². The van der Waals surface area contributed by atoms with E-state index >= 15 is 0 Å². The standard InChI is InChI=1S/C16H26O15/c17-3-1-28-16(29-4-2-27-14(26)9(22)6(4)19)12(5(3)18)31-15-10(23)7(20)8(21)11(30-15)13(24)25/h3-12,14-23,26H,1-2H2,(H,24,25)/t3-,4-,5+,6+,7+,8+,9-,10-,11+,12-,14-,15-,16+/m1/s1. The Labute approximate surface area is 174 Å². The molecule has 31 heavy (non-hydrogen) atoms. The summed E-state index contributed by atoms with van der Waals surface area (Å²) in [6.45, 7) is -0.827. The fourth-order valence-corrected chi connectivity index (χ4v) is 3.42. The van der Waals surface area contributed by atoms with E-state index in [-0.39, 0.29) is 6.61 Å². The second-order valence-corrected chi connectivity index (χ2v) is 7.48. The zero-order valence-electron chi connectivity index (χ0n) is 15.9. The average Bonchev–Trinajstić information content (AvgIpc) is 2.73. The molecule has 9 N–H and O–H groups in total. The van der Waals surface area contributed by atoms with E-state index in [0.29, 0.717) is 0 Å². The van der Waals surface area contributed by atoms with Crippen molar-refractivity contribution in [3.63, 3.8) is 0 Å². The van der Waals surface area contributed by atoms with Crippen molar-refractivity contribution in [1.29, 1.82) is 0 Å². The number of hydrogen-bond acceptors (Lipinski definition) is 14. The zero-order chi connectivity index (χ0) is 23.0. The molecule has 13 atom stereocenters. The van der Waals surface area contributed by atoms with E-state index in [1.807, 2.05) is 0 Å². The van der Waals surface area contributed by atoms with Crippen molar-refractivity contribution in [2.75, 3.05) is 13.2 Å². The summed E-state index contributed by atoms with van der Waals surface area (Å²) >= 11 is 0. The molecule has 3 rings (SSSR count). The van der Waals surface area contributed by atoms with Crippen LogP contribution in [0.5, 0.6) is 0 Å². The van der Waals surface area contributed by atoms with Crippen LogP contribution in [0.1, 0.15) is 0 Å². The molecule has 0 unspecified atom stereocenters. The minimum absolute atomic E-state index is 0.390. The van der Waals surface area contributed by atoms with Crippen molar-refractivity contribution < 1.29 is 74.4 Å². The van der Waals surface area contributed by atoms with Crippen LogP contribution in [0.15, 0.2) is 0 Å². The molecule has 15 heteroatoms. The third-order valence-electron chi connectivity index (χ3n) is 5.30. The maximum absolute atomic E-state index is 11.2. The van der Waals surface area contributed by atoms with Crippen molar-refractivity contribution in [3.8, 4) is 0 Å². The summed E-state index contributed by atoms with van der Waals surface area (Å²) in [6.07, 6.45) is -22.4. The molecule has 0 aromatic rings. The summed E-state index contributed by atoms with van der Waals surface area (Å²) in [7, 11) is 0. The van der Waals surface area contributed by atoms with Crippen LogP contribution >= 0.6 is 0 Å². The number of hydrogen-bond donors (Lipinski definition) is 9. The highest BCUT2D eigenvalue weighted by molar-refractivity contribution is 5.73. The van der Waals surface area contributed by atoms with E-state index in [2.05, 4.69) is 0 Å². The molecule has 0 bridgehead atoms. The number of aliphatic hydroxyl groups excluding tert-OH is 8. The summed E-state index contributed by atoms with van der Waals surface area (Å²) in [5.41, 5.74) is 0. The Kier molecular flexibility index (Phi) is 7.80. The molecule has 180 valence electrons. The third kappa shape index (κ3) is 4.98. The number of carbonyl (C=O) groups is 1. The van der Waals surface area contributed by atoms with Crippen LogP contribution in [0.4, 0.5) is 0 Å². The number of carboxylic acids is 1. The van der Waals surface area contributed by atoms with Crippen LogP contribution in [0.25, 0.3) is 0 Å². The molecule has 0 saturated carbocycles. The van der Waals surface area contributed by atoms with Gasteiger partial charge in [-0.25, -0.2) is 4.79 Å². The zero-order valence-corrected chi connectivity index (χ0v) is 15.9. The van der Waals surface area contributed by atoms with Gasteiger partial charge < -0.3 is 69.6 Å². The predicted octanol–water partition coefficient (Wildman–Crippen LogP) is -6.20. The normalized spacial score (nSPS) is 51.4. The second kappa shape index (κ2) is 9.84. The van der Waals surface area contributed by atoms with Crippen LogP contribution < -0.4 is 0 Å². The van der Waals surface area contributed by atoms with Gasteiger partial charge >= 0.3 is 5.97 Å². The Morgan fingerprint density at radius 1 is 0.710 bits per heavy atom. The van der Waals surface area contributed by atoms with Crippen LogP contribution in [0.3, 0.4) is 0 Å². The van der Waals surface area contributed by atoms with Gasteiger partial charge in [0.15, 0.2) is 25.0 Å². The molecule has 3 fully saturated rings. The molecular weight excluding hydrogens is 432 g/mol. The Bertz CT molecular complexity index is 620. The van der Waals surface area contributed by atoms with E-state index in [9.17, 15) is 45.6 Å². The molecule has 0 radical (unpaired) electrons. The number of aliphatic hydroxyl groups is 8. The van der Waals surface area contributed by atoms with Crippen molar-refractivity contribution in [2.45, 2.75) is 79.9 Å². The molecule has 3 aliphatic heterocycles. The van der Waals surface area contributed by atoms with Crippen molar-refractivity contribution in [3.05, 3.63) is 0 Å². The summed E-state index contributed by atoms with van der Waals surface area (Å²) < 4.78 is 25.9.